The van der Waals surface area contributed by atoms with E-state index < -0.39 is 8.60 Å². The van der Waals surface area contributed by atoms with Crippen molar-refractivity contribution >= 4 is 8.60 Å². The van der Waals surface area contributed by atoms with Gasteiger partial charge in [0.05, 0.1) is 12.2 Å². The largest absolute Gasteiger partial charge is 0.330 e. The van der Waals surface area contributed by atoms with Crippen LogP contribution in [0.2, 0.25) is 0 Å². The van der Waals surface area contributed by atoms with Crippen molar-refractivity contribution in [3.63, 3.8) is 0 Å². The lowest BCUT2D eigenvalue weighted by molar-refractivity contribution is 0.112. The fraction of sp³-hybridized carbons (Fsp3) is 1.00. The first kappa shape index (κ1) is 12.8. The van der Waals surface area contributed by atoms with Crippen molar-refractivity contribution in [2.24, 2.45) is 11.8 Å². The SMILES string of the molecule is CC1CCC(OP(O)OC2CCC(C)C2)C1. The Bertz CT molecular complexity index is 202. The van der Waals surface area contributed by atoms with E-state index >= 15 is 0 Å². The monoisotopic (exact) mass is 246 g/mol. The van der Waals surface area contributed by atoms with E-state index in [-0.39, 0.29) is 12.2 Å². The van der Waals surface area contributed by atoms with Gasteiger partial charge in [0.15, 0.2) is 0 Å². The molecule has 0 bridgehead atoms. The molecule has 2 aliphatic carbocycles. The Labute approximate surface area is 99.5 Å². The Morgan fingerprint density at radius 2 is 1.31 bits per heavy atom. The van der Waals surface area contributed by atoms with Gasteiger partial charge < -0.3 is 13.9 Å². The van der Waals surface area contributed by atoms with Crippen molar-refractivity contribution in [1.29, 1.82) is 0 Å². The van der Waals surface area contributed by atoms with E-state index in [0.717, 1.165) is 37.5 Å². The predicted octanol–water partition coefficient (Wildman–Crippen LogP) is 3.62. The molecule has 4 atom stereocenters. The normalized spacial score (nSPS) is 41.4. The predicted molar refractivity (Wildman–Crippen MR) is 64.9 cm³/mol. The summed E-state index contributed by atoms with van der Waals surface area (Å²) in [6, 6.07) is 0. The Kier molecular flexibility index (Phi) is 4.60. The number of rotatable bonds is 4. The van der Waals surface area contributed by atoms with Gasteiger partial charge in [-0.2, -0.15) is 0 Å². The highest BCUT2D eigenvalue weighted by atomic mass is 31.2. The summed E-state index contributed by atoms with van der Waals surface area (Å²) in [6.45, 7) is 4.48. The third-order valence-electron chi connectivity index (χ3n) is 3.77. The molecule has 0 saturated heterocycles. The molecule has 0 aromatic rings. The van der Waals surface area contributed by atoms with Gasteiger partial charge >= 0.3 is 8.60 Å². The number of hydrogen-bond acceptors (Lipinski definition) is 3. The summed E-state index contributed by atoms with van der Waals surface area (Å²) in [4.78, 5) is 9.76. The zero-order valence-corrected chi connectivity index (χ0v) is 11.2. The zero-order valence-electron chi connectivity index (χ0n) is 10.3. The van der Waals surface area contributed by atoms with Crippen LogP contribution in [-0.2, 0) is 9.05 Å². The van der Waals surface area contributed by atoms with Crippen LogP contribution in [0.25, 0.3) is 0 Å². The van der Waals surface area contributed by atoms with E-state index in [1.54, 1.807) is 0 Å². The first-order chi connectivity index (χ1) is 7.63. The topological polar surface area (TPSA) is 38.7 Å². The Balaban J connectivity index is 1.66. The molecule has 94 valence electrons. The van der Waals surface area contributed by atoms with Crippen LogP contribution < -0.4 is 0 Å². The first-order valence-electron chi connectivity index (χ1n) is 6.46. The van der Waals surface area contributed by atoms with Gasteiger partial charge in [-0.05, 0) is 50.4 Å². The molecule has 0 aromatic heterocycles. The smallest absolute Gasteiger partial charge is 0.328 e. The molecular formula is C12H23O3P. The van der Waals surface area contributed by atoms with Gasteiger partial charge in [-0.1, -0.05) is 13.8 Å². The second kappa shape index (κ2) is 5.77. The standard InChI is InChI=1S/C12H23O3P/c1-9-3-5-11(7-9)14-16(13)15-12-6-4-10(2)8-12/h9-13H,3-8H2,1-2H3. The zero-order chi connectivity index (χ0) is 11.5. The molecule has 4 heteroatoms. The fourth-order valence-corrected chi connectivity index (χ4v) is 3.72. The maximum absolute atomic E-state index is 9.76. The quantitative estimate of drug-likeness (QED) is 0.770. The highest BCUT2D eigenvalue weighted by Gasteiger charge is 2.29. The van der Waals surface area contributed by atoms with Crippen molar-refractivity contribution in [1.82, 2.24) is 0 Å². The third-order valence-corrected chi connectivity index (χ3v) is 4.73. The second-order valence-electron chi connectivity index (χ2n) is 5.53. The molecule has 0 radical (unpaired) electrons. The van der Waals surface area contributed by atoms with Gasteiger partial charge in [-0.15, -0.1) is 0 Å². The van der Waals surface area contributed by atoms with Gasteiger partial charge in [-0.25, -0.2) is 0 Å². The summed E-state index contributed by atoms with van der Waals surface area (Å²) in [5, 5.41) is 0. The van der Waals surface area contributed by atoms with Crippen LogP contribution in [0.5, 0.6) is 0 Å². The molecule has 2 aliphatic rings. The summed E-state index contributed by atoms with van der Waals surface area (Å²) in [5.41, 5.74) is 0. The summed E-state index contributed by atoms with van der Waals surface area (Å²) in [7, 11) is -1.64. The average molecular weight is 246 g/mol. The first-order valence-corrected chi connectivity index (χ1v) is 7.59. The molecule has 0 amide bonds. The lowest BCUT2D eigenvalue weighted by atomic mass is 10.1. The Hall–Kier alpha value is 0.310. The van der Waals surface area contributed by atoms with Crippen molar-refractivity contribution < 1.29 is 13.9 Å². The maximum atomic E-state index is 9.76. The van der Waals surface area contributed by atoms with Crippen LogP contribution in [0.1, 0.15) is 52.4 Å². The minimum absolute atomic E-state index is 0.227. The molecule has 4 unspecified atom stereocenters. The number of hydrogen-bond donors (Lipinski definition) is 1. The molecule has 1 N–H and O–H groups in total. The van der Waals surface area contributed by atoms with Crippen LogP contribution in [-0.4, -0.2) is 17.1 Å². The van der Waals surface area contributed by atoms with Crippen molar-refractivity contribution in [2.45, 2.75) is 64.6 Å². The minimum atomic E-state index is -1.64. The van der Waals surface area contributed by atoms with Gasteiger partial charge in [0.2, 0.25) is 0 Å². The molecule has 3 nitrogen and oxygen atoms in total. The van der Waals surface area contributed by atoms with Crippen LogP contribution in [0.3, 0.4) is 0 Å². The Morgan fingerprint density at radius 3 is 1.62 bits per heavy atom. The maximum Gasteiger partial charge on any atom is 0.330 e. The van der Waals surface area contributed by atoms with Crippen molar-refractivity contribution in [3.05, 3.63) is 0 Å². The van der Waals surface area contributed by atoms with Crippen molar-refractivity contribution in [3.8, 4) is 0 Å². The van der Waals surface area contributed by atoms with E-state index in [4.69, 9.17) is 9.05 Å². The molecule has 0 spiro atoms. The highest BCUT2D eigenvalue weighted by molar-refractivity contribution is 7.40. The van der Waals surface area contributed by atoms with E-state index in [1.807, 2.05) is 0 Å². The average Bonchev–Trinajstić information content (AvgIpc) is 2.76. The van der Waals surface area contributed by atoms with Gasteiger partial charge in [0.25, 0.3) is 0 Å². The lowest BCUT2D eigenvalue weighted by Gasteiger charge is -2.19. The van der Waals surface area contributed by atoms with Crippen LogP contribution in [0.4, 0.5) is 0 Å². The summed E-state index contributed by atoms with van der Waals surface area (Å²) in [5.74, 6) is 1.47. The van der Waals surface area contributed by atoms with Crippen molar-refractivity contribution in [2.75, 3.05) is 0 Å². The van der Waals surface area contributed by atoms with E-state index in [2.05, 4.69) is 13.8 Å². The molecule has 0 aliphatic heterocycles. The fourth-order valence-electron chi connectivity index (χ4n) is 2.78. The summed E-state index contributed by atoms with van der Waals surface area (Å²) >= 11 is 0. The van der Waals surface area contributed by atoms with E-state index in [0.29, 0.717) is 0 Å². The highest BCUT2D eigenvalue weighted by Crippen LogP contribution is 2.44. The van der Waals surface area contributed by atoms with Gasteiger partial charge in [0, 0.05) is 0 Å². The van der Waals surface area contributed by atoms with Crippen LogP contribution >= 0.6 is 8.60 Å². The van der Waals surface area contributed by atoms with Crippen LogP contribution in [0, 0.1) is 11.8 Å². The molecule has 0 heterocycles. The second-order valence-corrected chi connectivity index (χ2v) is 6.43. The van der Waals surface area contributed by atoms with Gasteiger partial charge in [0.1, 0.15) is 0 Å². The minimum Gasteiger partial charge on any atom is -0.328 e. The molecule has 2 rings (SSSR count). The molecule has 2 fully saturated rings. The van der Waals surface area contributed by atoms with E-state index in [9.17, 15) is 4.89 Å². The van der Waals surface area contributed by atoms with Crippen LogP contribution in [0.15, 0.2) is 0 Å². The summed E-state index contributed by atoms with van der Waals surface area (Å²) in [6.07, 6.45) is 7.18. The molecular weight excluding hydrogens is 223 g/mol. The molecule has 0 aromatic carbocycles. The lowest BCUT2D eigenvalue weighted by Crippen LogP contribution is -2.10. The van der Waals surface area contributed by atoms with E-state index in [1.165, 1.54) is 12.8 Å². The summed E-state index contributed by atoms with van der Waals surface area (Å²) < 4.78 is 11.2. The molecule has 16 heavy (non-hydrogen) atoms. The Morgan fingerprint density at radius 1 is 0.875 bits per heavy atom. The van der Waals surface area contributed by atoms with Gasteiger partial charge in [-0.3, -0.25) is 0 Å². The molecule has 2 saturated carbocycles. The third kappa shape index (κ3) is 3.66.